The van der Waals surface area contributed by atoms with Gasteiger partial charge in [0, 0.05) is 54.2 Å². The van der Waals surface area contributed by atoms with Gasteiger partial charge in [0.05, 0.1) is 38.1 Å². The predicted octanol–water partition coefficient (Wildman–Crippen LogP) is 4.43. The number of likely N-dealkylation sites (tertiary alicyclic amines) is 1. The number of aromatic nitrogens is 3. The average molecular weight is 513 g/mol. The Morgan fingerprint density at radius 3 is 2.32 bits per heavy atom. The van der Waals surface area contributed by atoms with Crippen LogP contribution >= 0.6 is 0 Å². The van der Waals surface area contributed by atoms with Crippen molar-refractivity contribution < 1.29 is 9.47 Å². The molecule has 0 amide bonds. The van der Waals surface area contributed by atoms with Crippen LogP contribution in [0, 0.1) is 0 Å². The summed E-state index contributed by atoms with van der Waals surface area (Å²) in [5.41, 5.74) is 4.49. The molecule has 3 saturated heterocycles. The van der Waals surface area contributed by atoms with E-state index in [1.54, 1.807) is 0 Å². The Morgan fingerprint density at radius 1 is 0.737 bits per heavy atom. The number of benzene rings is 2. The summed E-state index contributed by atoms with van der Waals surface area (Å²) in [5, 5.41) is 2.28. The average Bonchev–Trinajstić information content (AvgIpc) is 3.48. The first-order valence-corrected chi connectivity index (χ1v) is 14.1. The number of nitrogens with zero attached hydrogens (tertiary/aromatic N) is 5. The largest absolute Gasteiger partial charge is 0.379 e. The molecule has 38 heavy (non-hydrogen) atoms. The molecule has 3 aliphatic heterocycles. The highest BCUT2D eigenvalue weighted by Crippen LogP contribution is 2.35. The van der Waals surface area contributed by atoms with E-state index < -0.39 is 0 Å². The molecule has 1 atom stereocenters. The lowest BCUT2D eigenvalue weighted by molar-refractivity contribution is -0.0404. The molecule has 8 heteroatoms. The summed E-state index contributed by atoms with van der Waals surface area (Å²) in [6.45, 7) is 8.93. The molecule has 1 unspecified atom stereocenters. The summed E-state index contributed by atoms with van der Waals surface area (Å²) in [4.78, 5) is 21.4. The molecule has 2 aromatic carbocycles. The topological polar surface area (TPSA) is 69.8 Å². The number of hydrogen-bond acceptors (Lipinski definition) is 7. The Hall–Kier alpha value is -3.04. The van der Waals surface area contributed by atoms with Crippen molar-refractivity contribution >= 4 is 27.6 Å². The van der Waals surface area contributed by atoms with E-state index in [4.69, 9.17) is 19.4 Å². The van der Waals surface area contributed by atoms with Crippen LogP contribution < -0.4 is 4.90 Å². The molecule has 0 saturated carbocycles. The quantitative estimate of drug-likeness (QED) is 0.424. The molecular weight excluding hydrogens is 476 g/mol. The van der Waals surface area contributed by atoms with E-state index in [0.717, 1.165) is 105 Å². The van der Waals surface area contributed by atoms with Crippen LogP contribution in [0.15, 0.2) is 48.7 Å². The van der Waals surface area contributed by atoms with Gasteiger partial charge in [-0.1, -0.05) is 24.6 Å². The van der Waals surface area contributed by atoms with E-state index >= 15 is 0 Å². The lowest BCUT2D eigenvalue weighted by atomic mass is 10.0. The zero-order valence-electron chi connectivity index (χ0n) is 21.9. The maximum absolute atomic E-state index is 5.72. The van der Waals surface area contributed by atoms with Crippen LogP contribution in [0.25, 0.3) is 33.2 Å². The molecule has 0 bridgehead atoms. The van der Waals surface area contributed by atoms with Gasteiger partial charge in [0.1, 0.15) is 5.82 Å². The lowest BCUT2D eigenvalue weighted by Gasteiger charge is -2.43. The molecule has 7 rings (SSSR count). The molecule has 8 nitrogen and oxygen atoms in total. The predicted molar refractivity (Wildman–Crippen MR) is 150 cm³/mol. The molecule has 0 radical (unpaired) electrons. The van der Waals surface area contributed by atoms with Crippen molar-refractivity contribution in [2.24, 2.45) is 0 Å². The van der Waals surface area contributed by atoms with Crippen molar-refractivity contribution in [3.8, 4) is 11.4 Å². The summed E-state index contributed by atoms with van der Waals surface area (Å²) in [5.74, 6) is 1.79. The molecule has 0 spiro atoms. The van der Waals surface area contributed by atoms with Crippen molar-refractivity contribution in [3.63, 3.8) is 0 Å². The zero-order chi connectivity index (χ0) is 25.3. The fraction of sp³-hybridized carbons (Fsp3) is 0.467. The highest BCUT2D eigenvalue weighted by Gasteiger charge is 2.30. The molecule has 3 aliphatic rings. The SMILES string of the molecule is c1cc(-c2nc(N3CCOCC3)c3cc(C(N4CCCCC4)N4CCOCC4)ccc3n2)c2cc[nH]c2c1. The highest BCUT2D eigenvalue weighted by molar-refractivity contribution is 5.97. The summed E-state index contributed by atoms with van der Waals surface area (Å²) in [6, 6.07) is 15.3. The number of fused-ring (bicyclic) bond motifs is 2. The van der Waals surface area contributed by atoms with Crippen molar-refractivity contribution in [2.75, 3.05) is 70.6 Å². The monoisotopic (exact) mass is 512 g/mol. The van der Waals surface area contributed by atoms with Crippen LogP contribution in [-0.4, -0.2) is 90.4 Å². The maximum atomic E-state index is 5.72. The van der Waals surface area contributed by atoms with E-state index in [0.29, 0.717) is 0 Å². The van der Waals surface area contributed by atoms with Gasteiger partial charge in [-0.15, -0.1) is 0 Å². The van der Waals surface area contributed by atoms with Gasteiger partial charge in [0.2, 0.25) is 0 Å². The fourth-order valence-corrected chi connectivity index (χ4v) is 6.35. The smallest absolute Gasteiger partial charge is 0.162 e. The Labute approximate surface area is 223 Å². The van der Waals surface area contributed by atoms with Crippen molar-refractivity contribution in [2.45, 2.75) is 25.4 Å². The first-order chi connectivity index (χ1) is 18.8. The summed E-state index contributed by atoms with van der Waals surface area (Å²) in [6.07, 6.45) is 6.11. The van der Waals surface area contributed by atoms with Gasteiger partial charge in [0.25, 0.3) is 0 Å². The minimum Gasteiger partial charge on any atom is -0.379 e. The van der Waals surface area contributed by atoms with Crippen molar-refractivity contribution in [1.29, 1.82) is 0 Å². The van der Waals surface area contributed by atoms with Crippen LogP contribution in [0.3, 0.4) is 0 Å². The van der Waals surface area contributed by atoms with Gasteiger partial charge in [-0.05, 0) is 55.8 Å². The van der Waals surface area contributed by atoms with E-state index in [9.17, 15) is 0 Å². The van der Waals surface area contributed by atoms with Crippen LogP contribution in [0.2, 0.25) is 0 Å². The summed E-state index contributed by atoms with van der Waals surface area (Å²) < 4.78 is 11.4. The summed E-state index contributed by atoms with van der Waals surface area (Å²) in [7, 11) is 0. The number of aromatic amines is 1. The fourth-order valence-electron chi connectivity index (χ4n) is 6.35. The number of H-pyrrole nitrogens is 1. The van der Waals surface area contributed by atoms with E-state index in [-0.39, 0.29) is 6.17 Å². The maximum Gasteiger partial charge on any atom is 0.162 e. The number of anilines is 1. The molecule has 4 aromatic rings. The van der Waals surface area contributed by atoms with Gasteiger partial charge in [-0.3, -0.25) is 9.80 Å². The van der Waals surface area contributed by atoms with Crippen molar-refractivity contribution in [3.05, 3.63) is 54.2 Å². The number of piperidine rings is 1. The minimum absolute atomic E-state index is 0.259. The second-order valence-electron chi connectivity index (χ2n) is 10.6. The first-order valence-electron chi connectivity index (χ1n) is 14.1. The van der Waals surface area contributed by atoms with Gasteiger partial charge >= 0.3 is 0 Å². The molecule has 5 heterocycles. The number of ether oxygens (including phenoxy) is 2. The lowest BCUT2D eigenvalue weighted by Crippen LogP contribution is -2.48. The molecular formula is C30H36N6O2. The normalized spacial score (nSPS) is 20.8. The second kappa shape index (κ2) is 10.6. The minimum atomic E-state index is 0.259. The van der Waals surface area contributed by atoms with Crippen LogP contribution in [0.1, 0.15) is 31.0 Å². The molecule has 3 fully saturated rings. The standard InChI is InChI=1S/C30H36N6O2/c1-2-11-35(12-3-1)30(36-15-19-38-20-16-36)22-7-8-27-25(21-22)29(34-13-17-37-18-14-34)33-28(32-27)24-5-4-6-26-23(24)9-10-31-26/h4-10,21,30-31H,1-3,11-20H2. The second-order valence-corrected chi connectivity index (χ2v) is 10.6. The van der Waals surface area contributed by atoms with Crippen molar-refractivity contribution in [1.82, 2.24) is 24.8 Å². The van der Waals surface area contributed by atoms with Gasteiger partial charge in [0.15, 0.2) is 5.82 Å². The number of nitrogens with one attached hydrogen (secondary N) is 1. The molecule has 0 aliphatic carbocycles. The summed E-state index contributed by atoms with van der Waals surface area (Å²) >= 11 is 0. The van der Waals surface area contributed by atoms with Crippen LogP contribution in [-0.2, 0) is 9.47 Å². The van der Waals surface area contributed by atoms with Gasteiger partial charge in [-0.2, -0.15) is 0 Å². The highest BCUT2D eigenvalue weighted by atomic mass is 16.5. The number of morpholine rings is 2. The van der Waals surface area contributed by atoms with Crippen LogP contribution in [0.5, 0.6) is 0 Å². The third kappa shape index (κ3) is 4.56. The van der Waals surface area contributed by atoms with Crippen LogP contribution in [0.4, 0.5) is 5.82 Å². The van der Waals surface area contributed by atoms with Gasteiger partial charge < -0.3 is 19.4 Å². The number of hydrogen-bond donors (Lipinski definition) is 1. The molecule has 1 N–H and O–H groups in total. The Kier molecular flexibility index (Phi) is 6.71. The third-order valence-corrected chi connectivity index (χ3v) is 8.27. The zero-order valence-corrected chi connectivity index (χ0v) is 21.9. The molecule has 198 valence electrons. The Balaban J connectivity index is 1.36. The van der Waals surface area contributed by atoms with E-state index in [2.05, 4.69) is 62.1 Å². The number of rotatable bonds is 5. The van der Waals surface area contributed by atoms with E-state index in [1.165, 1.54) is 24.8 Å². The van der Waals surface area contributed by atoms with E-state index in [1.807, 2.05) is 6.20 Å². The third-order valence-electron chi connectivity index (χ3n) is 8.27. The molecule has 2 aromatic heterocycles. The Morgan fingerprint density at radius 2 is 1.50 bits per heavy atom. The first kappa shape index (κ1) is 24.0. The Bertz CT molecular complexity index is 1380. The van der Waals surface area contributed by atoms with Gasteiger partial charge in [-0.25, -0.2) is 9.97 Å².